The average Bonchev–Trinajstić information content (AvgIpc) is 2.59. The molecule has 2 aromatic rings. The Morgan fingerprint density at radius 1 is 1.28 bits per heavy atom. The zero-order chi connectivity index (χ0) is 18.3. The molecule has 8 heteroatoms. The molecule has 7 nitrogen and oxygen atoms in total. The molecule has 0 aliphatic rings. The highest BCUT2D eigenvalue weighted by Gasteiger charge is 2.08. The molecule has 1 aromatic carbocycles. The number of rotatable bonds is 8. The predicted octanol–water partition coefficient (Wildman–Crippen LogP) is 1.73. The number of aromatic nitrogens is 1. The third-order valence-electron chi connectivity index (χ3n) is 3.53. The highest BCUT2D eigenvalue weighted by Crippen LogP contribution is 2.18. The maximum absolute atomic E-state index is 10.8. The normalized spacial score (nSPS) is 11.6. The molecule has 0 atom stereocenters. The van der Waals surface area contributed by atoms with Crippen LogP contribution >= 0.6 is 0 Å². The van der Waals surface area contributed by atoms with Gasteiger partial charge in [-0.25, -0.2) is 4.57 Å². The average molecular weight is 364 g/mol. The molecule has 0 unspecified atom stereocenters. The molecule has 0 saturated heterocycles. The summed E-state index contributed by atoms with van der Waals surface area (Å²) < 4.78 is 37.3. The van der Waals surface area contributed by atoms with Crippen molar-refractivity contribution in [2.24, 2.45) is 5.10 Å². The van der Waals surface area contributed by atoms with Gasteiger partial charge in [0.2, 0.25) is 0 Å². The Bertz CT molecular complexity index is 820. The van der Waals surface area contributed by atoms with E-state index in [-0.39, 0.29) is 5.75 Å². The minimum atomic E-state index is -3.92. The number of aryl methyl sites for hydroxylation is 1. The maximum Gasteiger partial charge on any atom is 0.265 e. The van der Waals surface area contributed by atoms with Crippen LogP contribution in [-0.4, -0.2) is 39.1 Å². The molecule has 1 heterocycles. The van der Waals surface area contributed by atoms with Crippen LogP contribution in [0.5, 0.6) is 5.75 Å². The Morgan fingerprint density at radius 3 is 2.64 bits per heavy atom. The maximum atomic E-state index is 10.8. The fraction of sp³-hybridized carbons (Fsp3) is 0.294. The van der Waals surface area contributed by atoms with E-state index in [1.807, 2.05) is 60.4 Å². The summed E-state index contributed by atoms with van der Waals surface area (Å²) in [7, 11) is -0.446. The van der Waals surface area contributed by atoms with Crippen LogP contribution in [0.4, 0.5) is 5.69 Å². The first-order chi connectivity index (χ1) is 11.9. The number of anilines is 1. The van der Waals surface area contributed by atoms with E-state index in [1.54, 1.807) is 18.3 Å². The summed E-state index contributed by atoms with van der Waals surface area (Å²) in [4.78, 5) is 0. The van der Waals surface area contributed by atoms with Gasteiger partial charge in [-0.05, 0) is 30.3 Å². The number of benzene rings is 1. The van der Waals surface area contributed by atoms with Crippen molar-refractivity contribution in [3.05, 3.63) is 54.4 Å². The zero-order valence-electron chi connectivity index (χ0n) is 14.2. The Labute approximate surface area is 147 Å². The molecule has 0 aliphatic carbocycles. The van der Waals surface area contributed by atoms with Gasteiger partial charge >= 0.3 is 0 Å². The van der Waals surface area contributed by atoms with Crippen molar-refractivity contribution in [1.29, 1.82) is 0 Å². The summed E-state index contributed by atoms with van der Waals surface area (Å²) >= 11 is 0. The van der Waals surface area contributed by atoms with Crippen molar-refractivity contribution in [2.75, 3.05) is 24.9 Å². The van der Waals surface area contributed by atoms with Crippen molar-refractivity contribution in [1.82, 2.24) is 0 Å². The molecule has 0 aliphatic heterocycles. The van der Waals surface area contributed by atoms with Crippen LogP contribution in [-0.2, 0) is 16.7 Å². The van der Waals surface area contributed by atoms with Crippen LogP contribution in [0.2, 0.25) is 0 Å². The first kappa shape index (κ1) is 18.9. The summed E-state index contributed by atoms with van der Waals surface area (Å²) in [6, 6.07) is 11.3. The molecule has 0 fully saturated rings. The fourth-order valence-corrected chi connectivity index (χ4v) is 2.70. The van der Waals surface area contributed by atoms with E-state index in [4.69, 9.17) is 9.29 Å². The molecule has 0 amide bonds. The smallest absolute Gasteiger partial charge is 0.265 e. The molecule has 0 spiro atoms. The number of nitrogens with zero attached hydrogens (tertiary/aromatic N) is 3. The number of hydrazone groups is 1. The highest BCUT2D eigenvalue weighted by atomic mass is 32.2. The van der Waals surface area contributed by atoms with Crippen LogP contribution in [0.1, 0.15) is 12.0 Å². The first-order valence-electron chi connectivity index (χ1n) is 7.73. The third-order valence-corrected chi connectivity index (χ3v) is 4.33. The molecule has 1 N–H and O–H groups in total. The van der Waals surface area contributed by atoms with E-state index >= 15 is 0 Å². The van der Waals surface area contributed by atoms with Crippen molar-refractivity contribution < 1.29 is 22.3 Å². The van der Waals surface area contributed by atoms with E-state index in [0.717, 1.165) is 17.0 Å². The van der Waals surface area contributed by atoms with Crippen LogP contribution in [0.15, 0.2) is 53.9 Å². The van der Waals surface area contributed by atoms with E-state index in [1.165, 1.54) is 0 Å². The largest absolute Gasteiger partial charge is 0.497 e. The number of ether oxygens (including phenoxy) is 1. The molecule has 134 valence electrons. The Balaban J connectivity index is 1.98. The second kappa shape index (κ2) is 8.59. The summed E-state index contributed by atoms with van der Waals surface area (Å²) in [5, 5.41) is 6.14. The van der Waals surface area contributed by atoms with Crippen molar-refractivity contribution >= 4 is 22.0 Å². The lowest BCUT2D eigenvalue weighted by Gasteiger charge is -2.12. The summed E-state index contributed by atoms with van der Waals surface area (Å²) in [6.07, 6.45) is 5.78. The molecule has 2 rings (SSSR count). The van der Waals surface area contributed by atoms with Crippen molar-refractivity contribution in [3.8, 4) is 5.75 Å². The Hall–Kier alpha value is -2.45. The molecular formula is C17H22N3O4S+. The Kier molecular flexibility index (Phi) is 6.49. The lowest BCUT2D eigenvalue weighted by Crippen LogP contribution is -2.34. The van der Waals surface area contributed by atoms with Gasteiger partial charge < -0.3 is 4.74 Å². The molecule has 0 bridgehead atoms. The highest BCUT2D eigenvalue weighted by molar-refractivity contribution is 7.85. The lowest BCUT2D eigenvalue weighted by atomic mass is 10.3. The van der Waals surface area contributed by atoms with Gasteiger partial charge in [-0.1, -0.05) is 0 Å². The fourth-order valence-electron chi connectivity index (χ4n) is 2.21. The minimum Gasteiger partial charge on any atom is -0.497 e. The minimum absolute atomic E-state index is 0.251. The zero-order valence-corrected chi connectivity index (χ0v) is 15.1. The number of hydrogen-bond donors (Lipinski definition) is 1. The van der Waals surface area contributed by atoms with Gasteiger partial charge in [0.1, 0.15) is 12.3 Å². The van der Waals surface area contributed by atoms with Gasteiger partial charge in [0.25, 0.3) is 10.1 Å². The van der Waals surface area contributed by atoms with Gasteiger partial charge in [-0.3, -0.25) is 9.56 Å². The molecule has 25 heavy (non-hydrogen) atoms. The van der Waals surface area contributed by atoms with Crippen molar-refractivity contribution in [3.63, 3.8) is 0 Å². The summed E-state index contributed by atoms with van der Waals surface area (Å²) in [6.45, 7) is 0.496. The lowest BCUT2D eigenvalue weighted by molar-refractivity contribution is -0.696. The quantitative estimate of drug-likeness (QED) is 0.334. The number of methoxy groups -OCH3 is 1. The first-order valence-corrected chi connectivity index (χ1v) is 9.34. The molecule has 0 radical (unpaired) electrons. The monoisotopic (exact) mass is 364 g/mol. The summed E-state index contributed by atoms with van der Waals surface area (Å²) in [5.41, 5.74) is 1.81. The van der Waals surface area contributed by atoms with Gasteiger partial charge in [0.05, 0.1) is 30.3 Å². The predicted molar refractivity (Wildman–Crippen MR) is 96.7 cm³/mol. The molecular weight excluding hydrogens is 342 g/mol. The molecule has 0 saturated carbocycles. The second-order valence-electron chi connectivity index (χ2n) is 5.48. The SMILES string of the molecule is COc1ccc(N(C)N=Cc2ccc[n+](CCCS(=O)(=O)O)c2)cc1. The van der Waals surface area contributed by atoms with E-state index < -0.39 is 10.1 Å². The van der Waals surface area contributed by atoms with Crippen LogP contribution in [0.3, 0.4) is 0 Å². The van der Waals surface area contributed by atoms with E-state index in [9.17, 15) is 8.42 Å². The van der Waals surface area contributed by atoms with Crippen LogP contribution < -0.4 is 14.3 Å². The van der Waals surface area contributed by atoms with Gasteiger partial charge in [-0.2, -0.15) is 13.5 Å². The van der Waals surface area contributed by atoms with Crippen molar-refractivity contribution in [2.45, 2.75) is 13.0 Å². The van der Waals surface area contributed by atoms with Crippen LogP contribution in [0.25, 0.3) is 0 Å². The molecule has 1 aromatic heterocycles. The third kappa shape index (κ3) is 6.52. The van der Waals surface area contributed by atoms with Gasteiger partial charge in [0.15, 0.2) is 12.4 Å². The Morgan fingerprint density at radius 2 is 2.00 bits per heavy atom. The van der Waals surface area contributed by atoms with Crippen LogP contribution in [0, 0.1) is 0 Å². The topological polar surface area (TPSA) is 83.1 Å². The van der Waals surface area contributed by atoms with E-state index in [0.29, 0.717) is 13.0 Å². The number of hydrogen-bond acceptors (Lipinski definition) is 5. The standard InChI is InChI=1S/C17H21N3O4S/c1-19(16-6-8-17(24-2)9-7-16)18-13-15-5-3-10-20(14-15)11-4-12-25(21,22)23/h3,5-10,13-14H,4,11-12H2,1-2H3/p+1. The summed E-state index contributed by atoms with van der Waals surface area (Å²) in [5.74, 6) is 0.536. The second-order valence-corrected chi connectivity index (χ2v) is 7.05. The van der Waals surface area contributed by atoms with Gasteiger partial charge in [0, 0.05) is 19.5 Å². The van der Waals surface area contributed by atoms with E-state index in [2.05, 4.69) is 5.10 Å². The number of pyridine rings is 1. The van der Waals surface area contributed by atoms with Gasteiger partial charge in [-0.15, -0.1) is 0 Å².